The lowest BCUT2D eigenvalue weighted by Crippen LogP contribution is -2.13. The van der Waals surface area contributed by atoms with Gasteiger partial charge in [-0.25, -0.2) is 4.79 Å². The number of esters is 1. The lowest BCUT2D eigenvalue weighted by molar-refractivity contribution is -0.111. The number of rotatable bonds is 5. The Balaban J connectivity index is 2.16. The van der Waals surface area contributed by atoms with E-state index >= 15 is 0 Å². The van der Waals surface area contributed by atoms with Gasteiger partial charge in [0.25, 0.3) is 0 Å². The zero-order chi connectivity index (χ0) is 17.5. The number of carbonyl (C=O) groups excluding carboxylic acids is 2. The summed E-state index contributed by atoms with van der Waals surface area (Å²) >= 11 is 12.1. The van der Waals surface area contributed by atoms with Crippen LogP contribution in [0.4, 0.5) is 5.69 Å². The molecule has 0 bridgehead atoms. The number of nitrogens with one attached hydrogen (secondary N) is 1. The molecule has 24 heavy (non-hydrogen) atoms. The molecule has 2 aromatic carbocycles. The molecule has 0 radical (unpaired) electrons. The number of ether oxygens (including phenoxy) is 1. The third kappa shape index (κ3) is 4.60. The van der Waals surface area contributed by atoms with Gasteiger partial charge in [-0.3, -0.25) is 4.79 Å². The van der Waals surface area contributed by atoms with E-state index in [1.165, 1.54) is 12.2 Å². The third-order valence-corrected chi connectivity index (χ3v) is 3.74. The molecule has 0 unspecified atom stereocenters. The van der Waals surface area contributed by atoms with Gasteiger partial charge >= 0.3 is 5.97 Å². The highest BCUT2D eigenvalue weighted by Crippen LogP contribution is 2.25. The lowest BCUT2D eigenvalue weighted by Gasteiger charge is -2.09. The van der Waals surface area contributed by atoms with Gasteiger partial charge in [0.2, 0.25) is 5.91 Å². The van der Waals surface area contributed by atoms with Gasteiger partial charge in [-0.1, -0.05) is 41.4 Å². The Bertz CT molecular complexity index is 767. The van der Waals surface area contributed by atoms with Crippen LogP contribution >= 0.6 is 23.2 Å². The maximum atomic E-state index is 12.1. The number of hydrogen-bond donors (Lipinski definition) is 1. The zero-order valence-electron chi connectivity index (χ0n) is 12.9. The number of hydrogen-bond acceptors (Lipinski definition) is 3. The molecular formula is C18H15Cl2NO3. The van der Waals surface area contributed by atoms with Crippen LogP contribution in [-0.2, 0) is 9.53 Å². The largest absolute Gasteiger partial charge is 0.462 e. The van der Waals surface area contributed by atoms with Crippen LogP contribution in [0.1, 0.15) is 22.8 Å². The summed E-state index contributed by atoms with van der Waals surface area (Å²) in [6, 6.07) is 11.7. The molecule has 4 nitrogen and oxygen atoms in total. The number of benzene rings is 2. The molecule has 0 atom stereocenters. The van der Waals surface area contributed by atoms with E-state index in [-0.39, 0.29) is 12.2 Å². The second kappa shape index (κ2) is 8.52. The van der Waals surface area contributed by atoms with Crippen LogP contribution in [0.15, 0.2) is 48.5 Å². The van der Waals surface area contributed by atoms with Gasteiger partial charge in [0.15, 0.2) is 0 Å². The predicted octanol–water partition coefficient (Wildman–Crippen LogP) is 4.82. The first-order chi connectivity index (χ1) is 11.5. The number of halogens is 2. The van der Waals surface area contributed by atoms with Gasteiger partial charge in [0.1, 0.15) is 0 Å². The Labute approximate surface area is 150 Å². The average molecular weight is 364 g/mol. The highest BCUT2D eigenvalue weighted by atomic mass is 35.5. The topological polar surface area (TPSA) is 55.4 Å². The monoisotopic (exact) mass is 363 g/mol. The van der Waals surface area contributed by atoms with Gasteiger partial charge < -0.3 is 10.1 Å². The Kier molecular flexibility index (Phi) is 6.41. The quantitative estimate of drug-likeness (QED) is 0.611. The molecule has 0 heterocycles. The Morgan fingerprint density at radius 3 is 2.42 bits per heavy atom. The van der Waals surface area contributed by atoms with Gasteiger partial charge in [-0.15, -0.1) is 0 Å². The molecule has 0 aliphatic carbocycles. The predicted molar refractivity (Wildman–Crippen MR) is 96.5 cm³/mol. The van der Waals surface area contributed by atoms with Crippen molar-refractivity contribution in [2.45, 2.75) is 6.92 Å². The van der Waals surface area contributed by atoms with E-state index in [1.54, 1.807) is 49.4 Å². The lowest BCUT2D eigenvalue weighted by atomic mass is 10.1. The second-order valence-corrected chi connectivity index (χ2v) is 5.54. The molecule has 2 rings (SSSR count). The highest BCUT2D eigenvalue weighted by molar-refractivity contribution is 6.37. The summed E-state index contributed by atoms with van der Waals surface area (Å²) in [6.07, 6.45) is 2.82. The van der Waals surface area contributed by atoms with E-state index in [0.717, 1.165) is 0 Å². The number of para-hydroxylation sites is 1. The smallest absolute Gasteiger partial charge is 0.340 e. The molecule has 0 saturated carbocycles. The van der Waals surface area contributed by atoms with Crippen LogP contribution in [0.3, 0.4) is 0 Å². The van der Waals surface area contributed by atoms with Crippen LogP contribution in [0.2, 0.25) is 10.0 Å². The zero-order valence-corrected chi connectivity index (χ0v) is 14.4. The summed E-state index contributed by atoms with van der Waals surface area (Å²) in [5.74, 6) is -0.908. The standard InChI is InChI=1S/C18H15Cl2NO3/c1-2-24-18(23)13-6-3-4-9-16(13)21-17(22)11-10-12-14(19)7-5-8-15(12)20/h3-11H,2H2,1H3,(H,21,22). The van der Waals surface area contributed by atoms with E-state index in [0.29, 0.717) is 21.3 Å². The summed E-state index contributed by atoms with van der Waals surface area (Å²) in [4.78, 5) is 24.0. The molecule has 0 fully saturated rings. The summed E-state index contributed by atoms with van der Waals surface area (Å²) in [7, 11) is 0. The van der Waals surface area contributed by atoms with E-state index < -0.39 is 11.9 Å². The van der Waals surface area contributed by atoms with E-state index in [4.69, 9.17) is 27.9 Å². The van der Waals surface area contributed by atoms with E-state index in [9.17, 15) is 9.59 Å². The molecule has 0 spiro atoms. The number of amides is 1. The maximum Gasteiger partial charge on any atom is 0.340 e. The summed E-state index contributed by atoms with van der Waals surface area (Å²) in [6.45, 7) is 1.97. The molecule has 0 aliphatic heterocycles. The van der Waals surface area contributed by atoms with Crippen molar-refractivity contribution in [1.82, 2.24) is 0 Å². The van der Waals surface area contributed by atoms with Crippen LogP contribution in [0, 0.1) is 0 Å². The number of anilines is 1. The van der Waals surface area contributed by atoms with E-state index in [2.05, 4.69) is 5.32 Å². The van der Waals surface area contributed by atoms with Crippen molar-refractivity contribution >= 4 is 46.8 Å². The van der Waals surface area contributed by atoms with Crippen molar-refractivity contribution in [1.29, 1.82) is 0 Å². The first-order valence-electron chi connectivity index (χ1n) is 7.22. The Hall–Kier alpha value is -2.30. The fourth-order valence-electron chi connectivity index (χ4n) is 1.98. The summed E-state index contributed by atoms with van der Waals surface area (Å²) in [5, 5.41) is 3.53. The molecule has 6 heteroatoms. The van der Waals surface area contributed by atoms with Crippen LogP contribution in [0.25, 0.3) is 6.08 Å². The van der Waals surface area contributed by atoms with Gasteiger partial charge in [-0.05, 0) is 37.3 Å². The second-order valence-electron chi connectivity index (χ2n) is 4.72. The average Bonchev–Trinajstić information content (AvgIpc) is 2.55. The van der Waals surface area contributed by atoms with Gasteiger partial charge in [0, 0.05) is 21.7 Å². The van der Waals surface area contributed by atoms with Crippen LogP contribution in [0.5, 0.6) is 0 Å². The highest BCUT2D eigenvalue weighted by Gasteiger charge is 2.13. The van der Waals surface area contributed by atoms with Crippen molar-refractivity contribution in [3.63, 3.8) is 0 Å². The Morgan fingerprint density at radius 2 is 1.75 bits per heavy atom. The van der Waals surface area contributed by atoms with Gasteiger partial charge in [-0.2, -0.15) is 0 Å². The molecule has 1 N–H and O–H groups in total. The molecule has 0 aromatic heterocycles. The van der Waals surface area contributed by atoms with Crippen molar-refractivity contribution in [3.8, 4) is 0 Å². The molecule has 124 valence electrons. The molecule has 1 amide bonds. The number of carbonyl (C=O) groups is 2. The Morgan fingerprint density at radius 1 is 1.08 bits per heavy atom. The first-order valence-corrected chi connectivity index (χ1v) is 7.97. The van der Waals surface area contributed by atoms with Crippen molar-refractivity contribution in [3.05, 3.63) is 69.7 Å². The minimum Gasteiger partial charge on any atom is -0.462 e. The van der Waals surface area contributed by atoms with Crippen molar-refractivity contribution in [2.75, 3.05) is 11.9 Å². The molecule has 0 aliphatic rings. The fourth-order valence-corrected chi connectivity index (χ4v) is 2.51. The third-order valence-electron chi connectivity index (χ3n) is 3.08. The fraction of sp³-hybridized carbons (Fsp3) is 0.111. The molecular weight excluding hydrogens is 349 g/mol. The van der Waals surface area contributed by atoms with Crippen molar-refractivity contribution < 1.29 is 14.3 Å². The SMILES string of the molecule is CCOC(=O)c1ccccc1NC(=O)C=Cc1c(Cl)cccc1Cl. The maximum absolute atomic E-state index is 12.1. The van der Waals surface area contributed by atoms with Crippen LogP contribution in [-0.4, -0.2) is 18.5 Å². The normalized spacial score (nSPS) is 10.6. The first kappa shape index (κ1) is 18.0. The minimum atomic E-state index is -0.494. The summed E-state index contributed by atoms with van der Waals surface area (Å²) < 4.78 is 4.97. The minimum absolute atomic E-state index is 0.256. The van der Waals surface area contributed by atoms with E-state index in [1.807, 2.05) is 0 Å². The van der Waals surface area contributed by atoms with Crippen molar-refractivity contribution in [2.24, 2.45) is 0 Å². The molecule has 0 saturated heterocycles. The van der Waals surface area contributed by atoms with Gasteiger partial charge in [0.05, 0.1) is 17.9 Å². The van der Waals surface area contributed by atoms with Crippen LogP contribution < -0.4 is 5.32 Å². The molecule has 2 aromatic rings. The summed E-state index contributed by atoms with van der Waals surface area (Å²) in [5.41, 5.74) is 1.21.